The average Bonchev–Trinajstić information content (AvgIpc) is 3.33. The Morgan fingerprint density at radius 3 is 2.22 bits per heavy atom. The highest BCUT2D eigenvalue weighted by atomic mass is 19.3. The van der Waals surface area contributed by atoms with Crippen molar-refractivity contribution in [1.82, 2.24) is 25.4 Å². The molecule has 0 aliphatic heterocycles. The molecule has 8 nitrogen and oxygen atoms in total. The summed E-state index contributed by atoms with van der Waals surface area (Å²) in [5.74, 6) is 0.504. The highest BCUT2D eigenvalue weighted by molar-refractivity contribution is 5.54. The number of rotatable bonds is 5. The van der Waals surface area contributed by atoms with Crippen LogP contribution in [0.5, 0.6) is 0 Å². The number of nitrogens with two attached hydrogens (primary N) is 1. The first kappa shape index (κ1) is 16.8. The summed E-state index contributed by atoms with van der Waals surface area (Å²) in [5, 5.41) is 14.9. The molecule has 0 bridgehead atoms. The normalized spacial score (nSPS) is 11.2. The van der Waals surface area contributed by atoms with Gasteiger partial charge < -0.3 is 14.6 Å². The number of hydrogen-bond donors (Lipinski definition) is 1. The van der Waals surface area contributed by atoms with Crippen molar-refractivity contribution in [3.8, 4) is 22.9 Å². The number of hydrogen-bond acceptors (Lipinski definition) is 8. The van der Waals surface area contributed by atoms with E-state index in [9.17, 15) is 8.78 Å². The van der Waals surface area contributed by atoms with Crippen molar-refractivity contribution in [2.45, 2.75) is 12.8 Å². The van der Waals surface area contributed by atoms with Crippen LogP contribution in [0.3, 0.4) is 0 Å². The standard InChI is InChI=1S/C17H12F2N6O2/c18-14(19)17-25-24-15(27-17)10-3-1-9(2-4-10)7-13-22-23-16(26-13)11-5-6-12(20)21-8-11/h1-6,8,14H,7H2,(H2,20,21). The van der Waals surface area contributed by atoms with E-state index in [1.165, 1.54) is 0 Å². The molecule has 0 atom stereocenters. The van der Waals surface area contributed by atoms with Crippen molar-refractivity contribution < 1.29 is 17.6 Å². The molecule has 0 amide bonds. The van der Waals surface area contributed by atoms with Gasteiger partial charge in [-0.25, -0.2) is 4.98 Å². The Balaban J connectivity index is 1.48. The highest BCUT2D eigenvalue weighted by Crippen LogP contribution is 2.24. The fraction of sp³-hybridized carbons (Fsp3) is 0.118. The molecule has 0 aliphatic rings. The maximum atomic E-state index is 12.5. The summed E-state index contributed by atoms with van der Waals surface area (Å²) in [7, 11) is 0. The van der Waals surface area contributed by atoms with E-state index in [1.807, 2.05) is 0 Å². The van der Waals surface area contributed by atoms with E-state index in [1.54, 1.807) is 42.6 Å². The van der Waals surface area contributed by atoms with Crippen LogP contribution in [0.25, 0.3) is 22.9 Å². The Morgan fingerprint density at radius 1 is 0.852 bits per heavy atom. The average molecular weight is 370 g/mol. The van der Waals surface area contributed by atoms with Gasteiger partial charge in [0.05, 0.1) is 12.0 Å². The minimum atomic E-state index is -2.80. The second-order valence-electron chi connectivity index (χ2n) is 5.59. The summed E-state index contributed by atoms with van der Waals surface area (Å²) in [6.45, 7) is 0. The predicted molar refractivity (Wildman–Crippen MR) is 89.4 cm³/mol. The Labute approximate surface area is 151 Å². The van der Waals surface area contributed by atoms with E-state index < -0.39 is 12.3 Å². The first-order valence-corrected chi connectivity index (χ1v) is 7.83. The Bertz CT molecular complexity index is 1040. The van der Waals surface area contributed by atoms with Crippen LogP contribution in [0.1, 0.15) is 23.8 Å². The number of pyridine rings is 1. The molecular weight excluding hydrogens is 358 g/mol. The number of alkyl halides is 2. The van der Waals surface area contributed by atoms with Crippen molar-refractivity contribution in [2.75, 3.05) is 5.73 Å². The number of benzene rings is 1. The van der Waals surface area contributed by atoms with Crippen LogP contribution in [0.15, 0.2) is 51.4 Å². The van der Waals surface area contributed by atoms with Crippen LogP contribution in [0, 0.1) is 0 Å². The molecule has 4 aromatic rings. The lowest BCUT2D eigenvalue weighted by Gasteiger charge is -1.99. The molecule has 0 unspecified atom stereocenters. The van der Waals surface area contributed by atoms with Crippen LogP contribution in [-0.2, 0) is 6.42 Å². The molecule has 0 fully saturated rings. The van der Waals surface area contributed by atoms with Gasteiger partial charge in [-0.05, 0) is 29.8 Å². The second kappa shape index (κ2) is 6.90. The molecule has 4 rings (SSSR count). The lowest BCUT2D eigenvalue weighted by Crippen LogP contribution is -1.89. The quantitative estimate of drug-likeness (QED) is 0.569. The third kappa shape index (κ3) is 3.64. The van der Waals surface area contributed by atoms with Crippen LogP contribution in [-0.4, -0.2) is 25.4 Å². The van der Waals surface area contributed by atoms with Crippen molar-refractivity contribution >= 4 is 5.82 Å². The summed E-state index contributed by atoms with van der Waals surface area (Å²) in [4.78, 5) is 3.98. The summed E-state index contributed by atoms with van der Waals surface area (Å²) in [5.41, 5.74) is 7.65. The van der Waals surface area contributed by atoms with E-state index in [2.05, 4.69) is 25.4 Å². The first-order chi connectivity index (χ1) is 13.1. The maximum Gasteiger partial charge on any atom is 0.314 e. The van der Waals surface area contributed by atoms with E-state index in [-0.39, 0.29) is 5.89 Å². The monoisotopic (exact) mass is 370 g/mol. The number of aromatic nitrogens is 5. The van der Waals surface area contributed by atoms with Gasteiger partial charge in [-0.15, -0.1) is 20.4 Å². The van der Waals surface area contributed by atoms with Gasteiger partial charge in [0.1, 0.15) is 5.82 Å². The molecule has 27 heavy (non-hydrogen) atoms. The topological polar surface area (TPSA) is 117 Å². The Morgan fingerprint density at radius 2 is 1.56 bits per heavy atom. The summed E-state index contributed by atoms with van der Waals surface area (Å²) < 4.78 is 35.6. The van der Waals surface area contributed by atoms with Crippen LogP contribution in [0.2, 0.25) is 0 Å². The summed E-state index contributed by atoms with van der Waals surface area (Å²) in [6.07, 6.45) is -0.838. The van der Waals surface area contributed by atoms with Gasteiger partial charge in [-0.3, -0.25) is 0 Å². The van der Waals surface area contributed by atoms with E-state index in [0.717, 1.165) is 5.56 Å². The number of nitrogen functional groups attached to an aromatic ring is 1. The SMILES string of the molecule is Nc1ccc(-c2nnc(Cc3ccc(-c4nnc(C(F)F)o4)cc3)o2)cn1. The molecule has 0 radical (unpaired) electrons. The summed E-state index contributed by atoms with van der Waals surface area (Å²) >= 11 is 0. The zero-order valence-electron chi connectivity index (χ0n) is 13.7. The Hall–Kier alpha value is -3.69. The largest absolute Gasteiger partial charge is 0.420 e. The van der Waals surface area contributed by atoms with Crippen molar-refractivity contribution in [3.63, 3.8) is 0 Å². The first-order valence-electron chi connectivity index (χ1n) is 7.83. The minimum absolute atomic E-state index is 0.0350. The molecule has 10 heteroatoms. The van der Waals surface area contributed by atoms with Gasteiger partial charge in [0.15, 0.2) is 0 Å². The molecule has 1 aromatic carbocycles. The van der Waals surface area contributed by atoms with Crippen LogP contribution < -0.4 is 5.73 Å². The fourth-order valence-electron chi connectivity index (χ4n) is 2.35. The van der Waals surface area contributed by atoms with Gasteiger partial charge >= 0.3 is 6.43 Å². The van der Waals surface area contributed by atoms with Crippen molar-refractivity contribution in [3.05, 3.63) is 59.9 Å². The third-order valence-electron chi connectivity index (χ3n) is 3.68. The molecule has 2 N–H and O–H groups in total. The van der Waals surface area contributed by atoms with E-state index in [0.29, 0.717) is 35.1 Å². The smallest absolute Gasteiger partial charge is 0.314 e. The van der Waals surface area contributed by atoms with E-state index >= 15 is 0 Å². The maximum absolute atomic E-state index is 12.5. The zero-order valence-corrected chi connectivity index (χ0v) is 13.7. The van der Waals surface area contributed by atoms with Crippen LogP contribution >= 0.6 is 0 Å². The lowest BCUT2D eigenvalue weighted by molar-refractivity contribution is 0.116. The zero-order chi connectivity index (χ0) is 18.8. The fourth-order valence-corrected chi connectivity index (χ4v) is 2.35. The molecule has 0 saturated heterocycles. The van der Waals surface area contributed by atoms with Gasteiger partial charge in [-0.1, -0.05) is 12.1 Å². The van der Waals surface area contributed by atoms with Gasteiger partial charge in [-0.2, -0.15) is 8.78 Å². The third-order valence-corrected chi connectivity index (χ3v) is 3.68. The van der Waals surface area contributed by atoms with Gasteiger partial charge in [0, 0.05) is 11.8 Å². The van der Waals surface area contributed by atoms with Crippen molar-refractivity contribution in [2.24, 2.45) is 0 Å². The number of nitrogens with zero attached hydrogens (tertiary/aromatic N) is 5. The molecule has 3 aromatic heterocycles. The molecule has 0 spiro atoms. The number of halogens is 2. The lowest BCUT2D eigenvalue weighted by atomic mass is 10.1. The molecule has 136 valence electrons. The van der Waals surface area contributed by atoms with Crippen molar-refractivity contribution in [1.29, 1.82) is 0 Å². The number of anilines is 1. The predicted octanol–water partition coefficient (Wildman–Crippen LogP) is 3.29. The molecule has 0 aliphatic carbocycles. The molecule has 3 heterocycles. The highest BCUT2D eigenvalue weighted by Gasteiger charge is 2.17. The molecular formula is C17H12F2N6O2. The minimum Gasteiger partial charge on any atom is -0.420 e. The second-order valence-corrected chi connectivity index (χ2v) is 5.59. The van der Waals surface area contributed by atoms with Gasteiger partial charge in [0.25, 0.3) is 5.89 Å². The Kier molecular flexibility index (Phi) is 4.29. The summed E-state index contributed by atoms with van der Waals surface area (Å²) in [6, 6.07) is 10.4. The molecule has 0 saturated carbocycles. The van der Waals surface area contributed by atoms with Gasteiger partial charge in [0.2, 0.25) is 17.7 Å². The van der Waals surface area contributed by atoms with E-state index in [4.69, 9.17) is 14.6 Å². The van der Waals surface area contributed by atoms with Crippen LogP contribution in [0.4, 0.5) is 14.6 Å².